The average Bonchev–Trinajstić information content (AvgIpc) is 2.50. The maximum Gasteiger partial charge on any atom is 0.176 e. The van der Waals surface area contributed by atoms with E-state index in [-0.39, 0.29) is 5.78 Å². The van der Waals surface area contributed by atoms with Gasteiger partial charge >= 0.3 is 0 Å². The molecule has 0 saturated carbocycles. The van der Waals surface area contributed by atoms with E-state index in [0.717, 1.165) is 13.1 Å². The zero-order valence-electron chi connectivity index (χ0n) is 12.4. The van der Waals surface area contributed by atoms with Gasteiger partial charge in [0.05, 0.1) is 18.2 Å². The molecule has 0 spiro atoms. The SMILES string of the molecule is CCC1(C)CCN(CC(=O)c2ccc(C#N)cc2)CC1. The predicted octanol–water partition coefficient (Wildman–Crippen LogP) is 3.25. The van der Waals surface area contributed by atoms with E-state index in [1.165, 1.54) is 19.3 Å². The van der Waals surface area contributed by atoms with Crippen LogP contribution in [-0.2, 0) is 0 Å². The summed E-state index contributed by atoms with van der Waals surface area (Å²) in [6.07, 6.45) is 3.55. The molecular weight excluding hydrogens is 248 g/mol. The smallest absolute Gasteiger partial charge is 0.176 e. The van der Waals surface area contributed by atoms with Gasteiger partial charge in [-0.05, 0) is 43.5 Å². The number of carbonyl (C=O) groups excluding carboxylic acids is 1. The van der Waals surface area contributed by atoms with Crippen molar-refractivity contribution in [1.29, 1.82) is 5.26 Å². The lowest BCUT2D eigenvalue weighted by Crippen LogP contribution is -2.40. The van der Waals surface area contributed by atoms with Crippen LogP contribution in [0.1, 0.15) is 49.0 Å². The number of piperidine rings is 1. The van der Waals surface area contributed by atoms with Crippen LogP contribution in [0.3, 0.4) is 0 Å². The topological polar surface area (TPSA) is 44.1 Å². The summed E-state index contributed by atoms with van der Waals surface area (Å²) in [6.45, 7) is 7.09. The Kier molecular flexibility index (Phi) is 4.57. The van der Waals surface area contributed by atoms with Gasteiger partial charge in [-0.2, -0.15) is 5.26 Å². The molecule has 0 N–H and O–H groups in total. The molecule has 106 valence electrons. The maximum absolute atomic E-state index is 12.2. The molecule has 0 atom stereocenters. The quantitative estimate of drug-likeness (QED) is 0.789. The van der Waals surface area contributed by atoms with Crippen molar-refractivity contribution >= 4 is 5.78 Å². The number of likely N-dealkylation sites (tertiary alicyclic amines) is 1. The number of nitriles is 1. The van der Waals surface area contributed by atoms with Crippen molar-refractivity contribution in [2.75, 3.05) is 19.6 Å². The third kappa shape index (κ3) is 3.46. The van der Waals surface area contributed by atoms with E-state index < -0.39 is 0 Å². The number of rotatable bonds is 4. The van der Waals surface area contributed by atoms with Gasteiger partial charge in [0.1, 0.15) is 0 Å². The fourth-order valence-corrected chi connectivity index (χ4v) is 2.63. The summed E-state index contributed by atoms with van der Waals surface area (Å²) in [5.41, 5.74) is 1.75. The first-order valence-corrected chi connectivity index (χ1v) is 7.32. The van der Waals surface area contributed by atoms with Crippen molar-refractivity contribution in [2.24, 2.45) is 5.41 Å². The van der Waals surface area contributed by atoms with Crippen LogP contribution in [0.25, 0.3) is 0 Å². The molecule has 2 rings (SSSR count). The second-order valence-electron chi connectivity index (χ2n) is 6.05. The fourth-order valence-electron chi connectivity index (χ4n) is 2.63. The first-order chi connectivity index (χ1) is 9.56. The highest BCUT2D eigenvalue weighted by Gasteiger charge is 2.28. The molecule has 1 fully saturated rings. The van der Waals surface area contributed by atoms with E-state index in [4.69, 9.17) is 5.26 Å². The number of benzene rings is 1. The van der Waals surface area contributed by atoms with E-state index in [0.29, 0.717) is 23.1 Å². The minimum Gasteiger partial charge on any atom is -0.296 e. The molecule has 1 saturated heterocycles. The third-order valence-electron chi connectivity index (χ3n) is 4.62. The van der Waals surface area contributed by atoms with E-state index >= 15 is 0 Å². The van der Waals surface area contributed by atoms with E-state index in [2.05, 4.69) is 24.8 Å². The molecule has 0 aliphatic carbocycles. The van der Waals surface area contributed by atoms with Crippen LogP contribution in [0, 0.1) is 16.7 Å². The molecule has 0 radical (unpaired) electrons. The Hall–Kier alpha value is -1.66. The van der Waals surface area contributed by atoms with Gasteiger partial charge in [-0.25, -0.2) is 0 Å². The van der Waals surface area contributed by atoms with E-state index in [1.807, 2.05) is 0 Å². The molecule has 3 heteroatoms. The monoisotopic (exact) mass is 270 g/mol. The molecule has 1 aliphatic rings. The van der Waals surface area contributed by atoms with Gasteiger partial charge in [-0.15, -0.1) is 0 Å². The summed E-state index contributed by atoms with van der Waals surface area (Å²) in [6, 6.07) is 8.98. The third-order valence-corrected chi connectivity index (χ3v) is 4.62. The Morgan fingerprint density at radius 2 is 1.90 bits per heavy atom. The molecule has 1 aromatic carbocycles. The number of carbonyl (C=O) groups is 1. The summed E-state index contributed by atoms with van der Waals surface area (Å²) in [7, 11) is 0. The molecule has 1 heterocycles. The van der Waals surface area contributed by atoms with Crippen molar-refractivity contribution in [3.8, 4) is 6.07 Å². The van der Waals surface area contributed by atoms with Crippen LogP contribution in [0.5, 0.6) is 0 Å². The summed E-state index contributed by atoms with van der Waals surface area (Å²) in [5, 5.41) is 8.76. The first-order valence-electron chi connectivity index (χ1n) is 7.32. The van der Waals surface area contributed by atoms with E-state index in [1.54, 1.807) is 24.3 Å². The number of hydrogen-bond donors (Lipinski definition) is 0. The van der Waals surface area contributed by atoms with Gasteiger partial charge in [0.25, 0.3) is 0 Å². The van der Waals surface area contributed by atoms with Gasteiger partial charge in [-0.1, -0.05) is 32.4 Å². The lowest BCUT2D eigenvalue weighted by atomic mass is 9.78. The van der Waals surface area contributed by atoms with Crippen LogP contribution in [-0.4, -0.2) is 30.3 Å². The second kappa shape index (κ2) is 6.19. The average molecular weight is 270 g/mol. The van der Waals surface area contributed by atoms with Crippen LogP contribution in [0.15, 0.2) is 24.3 Å². The molecule has 0 aromatic heterocycles. The predicted molar refractivity (Wildman–Crippen MR) is 79.6 cm³/mol. The van der Waals surface area contributed by atoms with Crippen molar-refractivity contribution in [3.05, 3.63) is 35.4 Å². The molecule has 0 amide bonds. The molecular formula is C17H22N2O. The lowest BCUT2D eigenvalue weighted by molar-refractivity contribution is 0.0813. The Morgan fingerprint density at radius 3 is 2.40 bits per heavy atom. The van der Waals surface area contributed by atoms with E-state index in [9.17, 15) is 4.79 Å². The van der Waals surface area contributed by atoms with Crippen molar-refractivity contribution < 1.29 is 4.79 Å². The minimum absolute atomic E-state index is 0.148. The Labute approximate surface area is 121 Å². The standard InChI is InChI=1S/C17H22N2O/c1-3-17(2)8-10-19(11-9-17)13-16(20)15-6-4-14(12-18)5-7-15/h4-7H,3,8-11,13H2,1-2H3. The van der Waals surface area contributed by atoms with Crippen LogP contribution in [0.4, 0.5) is 0 Å². The maximum atomic E-state index is 12.2. The van der Waals surface area contributed by atoms with Crippen LogP contribution < -0.4 is 0 Å². The fraction of sp³-hybridized carbons (Fsp3) is 0.529. The van der Waals surface area contributed by atoms with Gasteiger partial charge in [-0.3, -0.25) is 9.69 Å². The highest BCUT2D eigenvalue weighted by atomic mass is 16.1. The number of nitrogens with zero attached hydrogens (tertiary/aromatic N) is 2. The molecule has 0 bridgehead atoms. The molecule has 1 aliphatic heterocycles. The van der Waals surface area contributed by atoms with Crippen LogP contribution in [0.2, 0.25) is 0 Å². The molecule has 0 unspecified atom stereocenters. The summed E-state index contributed by atoms with van der Waals surface area (Å²) >= 11 is 0. The zero-order valence-corrected chi connectivity index (χ0v) is 12.4. The molecule has 3 nitrogen and oxygen atoms in total. The highest BCUT2D eigenvalue weighted by Crippen LogP contribution is 2.33. The number of ketones is 1. The van der Waals surface area contributed by atoms with Gasteiger partial charge in [0, 0.05) is 5.56 Å². The largest absolute Gasteiger partial charge is 0.296 e. The van der Waals surface area contributed by atoms with Gasteiger partial charge in [0.15, 0.2) is 5.78 Å². The van der Waals surface area contributed by atoms with Crippen molar-refractivity contribution in [1.82, 2.24) is 4.90 Å². The minimum atomic E-state index is 0.148. The Morgan fingerprint density at radius 1 is 1.30 bits per heavy atom. The number of hydrogen-bond acceptors (Lipinski definition) is 3. The summed E-state index contributed by atoms with van der Waals surface area (Å²) < 4.78 is 0. The normalized spacial score (nSPS) is 18.4. The van der Waals surface area contributed by atoms with Crippen molar-refractivity contribution in [3.63, 3.8) is 0 Å². The van der Waals surface area contributed by atoms with Gasteiger partial charge in [0.2, 0.25) is 0 Å². The molecule has 20 heavy (non-hydrogen) atoms. The molecule has 1 aromatic rings. The van der Waals surface area contributed by atoms with Gasteiger partial charge < -0.3 is 0 Å². The van der Waals surface area contributed by atoms with Crippen LogP contribution >= 0.6 is 0 Å². The second-order valence-corrected chi connectivity index (χ2v) is 6.05. The Bertz CT molecular complexity index is 505. The lowest BCUT2D eigenvalue weighted by Gasteiger charge is -2.38. The summed E-state index contributed by atoms with van der Waals surface area (Å²) in [5.74, 6) is 0.148. The number of Topliss-reactive ketones (excluding diaryl/α,β-unsaturated/α-hetero) is 1. The Balaban J connectivity index is 1.91. The summed E-state index contributed by atoms with van der Waals surface area (Å²) in [4.78, 5) is 14.5. The van der Waals surface area contributed by atoms with Crippen molar-refractivity contribution in [2.45, 2.75) is 33.1 Å². The zero-order chi connectivity index (χ0) is 14.6. The first kappa shape index (κ1) is 14.7. The highest BCUT2D eigenvalue weighted by molar-refractivity contribution is 5.97.